The number of aliphatic hydroxyl groups excluding tert-OH is 1. The molecule has 3 rings (SSSR count). The molecule has 21 heavy (non-hydrogen) atoms. The van der Waals surface area contributed by atoms with Crippen LogP contribution in [0.25, 0.3) is 0 Å². The van der Waals surface area contributed by atoms with Crippen LogP contribution in [0, 0.1) is 0 Å². The van der Waals surface area contributed by atoms with Crippen LogP contribution in [0.4, 0.5) is 0 Å². The molecule has 2 aromatic carbocycles. The van der Waals surface area contributed by atoms with Crippen molar-refractivity contribution in [2.24, 2.45) is 0 Å². The molecule has 1 atom stereocenters. The molecule has 1 N–H and O–H groups in total. The predicted molar refractivity (Wildman–Crippen MR) is 81.9 cm³/mol. The van der Waals surface area contributed by atoms with E-state index in [9.17, 15) is 5.11 Å². The highest BCUT2D eigenvalue weighted by molar-refractivity contribution is 9.10. The first-order valence-electron chi connectivity index (χ1n) is 6.57. The van der Waals surface area contributed by atoms with Crippen molar-refractivity contribution in [1.82, 2.24) is 0 Å². The normalized spacial score (nSPS) is 14.0. The van der Waals surface area contributed by atoms with E-state index in [0.717, 1.165) is 27.1 Å². The van der Waals surface area contributed by atoms with E-state index in [4.69, 9.17) is 14.2 Å². The Morgan fingerprint density at radius 2 is 2.00 bits per heavy atom. The van der Waals surface area contributed by atoms with Gasteiger partial charge < -0.3 is 19.3 Å². The Morgan fingerprint density at radius 1 is 1.19 bits per heavy atom. The van der Waals surface area contributed by atoms with E-state index in [1.807, 2.05) is 36.4 Å². The fraction of sp³-hybridized carbons (Fsp3) is 0.250. The van der Waals surface area contributed by atoms with Gasteiger partial charge in [0.15, 0.2) is 11.5 Å². The molecule has 2 aromatic rings. The van der Waals surface area contributed by atoms with Crippen LogP contribution in [0.15, 0.2) is 40.9 Å². The summed E-state index contributed by atoms with van der Waals surface area (Å²) < 4.78 is 16.7. The molecular formula is C16H15BrO4. The lowest BCUT2D eigenvalue weighted by Gasteiger charge is -2.13. The van der Waals surface area contributed by atoms with Gasteiger partial charge in [0.2, 0.25) is 6.79 Å². The summed E-state index contributed by atoms with van der Waals surface area (Å²) in [7, 11) is 1.63. The smallest absolute Gasteiger partial charge is 0.231 e. The molecule has 0 saturated heterocycles. The molecule has 1 unspecified atom stereocenters. The third kappa shape index (κ3) is 2.99. The summed E-state index contributed by atoms with van der Waals surface area (Å²) in [5.41, 5.74) is 1.83. The van der Waals surface area contributed by atoms with Crippen LogP contribution in [-0.2, 0) is 6.42 Å². The summed E-state index contributed by atoms with van der Waals surface area (Å²) in [6, 6.07) is 11.3. The van der Waals surface area contributed by atoms with Gasteiger partial charge in [-0.1, -0.05) is 12.1 Å². The molecule has 1 aliphatic rings. The standard InChI is InChI=1S/C16H15BrO4/c1-19-14-4-2-10(6-12(14)17)7-13(18)11-3-5-15-16(8-11)21-9-20-15/h2-6,8,13,18H,7,9H2,1H3. The van der Waals surface area contributed by atoms with Gasteiger partial charge in [0, 0.05) is 6.42 Å². The number of hydrogen-bond acceptors (Lipinski definition) is 4. The quantitative estimate of drug-likeness (QED) is 0.917. The summed E-state index contributed by atoms with van der Waals surface area (Å²) in [5, 5.41) is 10.4. The Hall–Kier alpha value is -1.72. The van der Waals surface area contributed by atoms with Crippen LogP contribution in [0.2, 0.25) is 0 Å². The first-order chi connectivity index (χ1) is 10.2. The van der Waals surface area contributed by atoms with Crippen molar-refractivity contribution in [2.45, 2.75) is 12.5 Å². The highest BCUT2D eigenvalue weighted by Gasteiger charge is 2.17. The van der Waals surface area contributed by atoms with E-state index < -0.39 is 6.10 Å². The lowest BCUT2D eigenvalue weighted by atomic mass is 10.0. The van der Waals surface area contributed by atoms with Crippen molar-refractivity contribution in [1.29, 1.82) is 0 Å². The van der Waals surface area contributed by atoms with Crippen molar-refractivity contribution in [3.8, 4) is 17.2 Å². The second-order valence-corrected chi connectivity index (χ2v) is 5.66. The van der Waals surface area contributed by atoms with Crippen LogP contribution < -0.4 is 14.2 Å². The van der Waals surface area contributed by atoms with Gasteiger partial charge in [0.05, 0.1) is 17.7 Å². The van der Waals surface area contributed by atoms with Crippen LogP contribution in [0.1, 0.15) is 17.2 Å². The average molecular weight is 351 g/mol. The molecule has 0 fully saturated rings. The molecule has 0 bridgehead atoms. The third-order valence-corrected chi connectivity index (χ3v) is 4.05. The monoisotopic (exact) mass is 350 g/mol. The van der Waals surface area contributed by atoms with Crippen molar-refractivity contribution in [3.05, 3.63) is 52.0 Å². The second kappa shape index (κ2) is 5.95. The molecule has 0 spiro atoms. The third-order valence-electron chi connectivity index (χ3n) is 3.43. The fourth-order valence-corrected chi connectivity index (χ4v) is 2.89. The van der Waals surface area contributed by atoms with E-state index in [1.54, 1.807) is 7.11 Å². The SMILES string of the molecule is COc1ccc(CC(O)c2ccc3c(c2)OCO3)cc1Br. The van der Waals surface area contributed by atoms with Crippen LogP contribution in [0.5, 0.6) is 17.2 Å². The van der Waals surface area contributed by atoms with Crippen LogP contribution in [-0.4, -0.2) is 19.0 Å². The number of aliphatic hydroxyl groups is 1. The second-order valence-electron chi connectivity index (χ2n) is 4.80. The number of halogens is 1. The summed E-state index contributed by atoms with van der Waals surface area (Å²) in [6.07, 6.45) is -0.0813. The minimum absolute atomic E-state index is 0.236. The Labute approximate surface area is 131 Å². The summed E-state index contributed by atoms with van der Waals surface area (Å²) in [4.78, 5) is 0. The van der Waals surface area contributed by atoms with Gasteiger partial charge in [-0.2, -0.15) is 0 Å². The minimum Gasteiger partial charge on any atom is -0.496 e. The number of rotatable bonds is 4. The summed E-state index contributed by atoms with van der Waals surface area (Å²) >= 11 is 3.45. The number of ether oxygens (including phenoxy) is 3. The molecule has 1 heterocycles. The minimum atomic E-state index is -0.597. The average Bonchev–Trinajstić information content (AvgIpc) is 2.94. The van der Waals surface area contributed by atoms with Gasteiger partial charge in [-0.3, -0.25) is 0 Å². The number of benzene rings is 2. The maximum atomic E-state index is 10.4. The fourth-order valence-electron chi connectivity index (χ4n) is 2.30. The van der Waals surface area contributed by atoms with E-state index in [0.29, 0.717) is 12.2 Å². The maximum absolute atomic E-state index is 10.4. The largest absolute Gasteiger partial charge is 0.496 e. The number of hydrogen-bond donors (Lipinski definition) is 1. The highest BCUT2D eigenvalue weighted by Crippen LogP contribution is 2.35. The highest BCUT2D eigenvalue weighted by atomic mass is 79.9. The topological polar surface area (TPSA) is 47.9 Å². The van der Waals surface area contributed by atoms with Gasteiger partial charge in [-0.15, -0.1) is 0 Å². The van der Waals surface area contributed by atoms with Gasteiger partial charge >= 0.3 is 0 Å². The zero-order valence-corrected chi connectivity index (χ0v) is 13.1. The van der Waals surface area contributed by atoms with Gasteiger partial charge in [-0.25, -0.2) is 0 Å². The van der Waals surface area contributed by atoms with Crippen molar-refractivity contribution in [2.75, 3.05) is 13.9 Å². The molecule has 110 valence electrons. The zero-order valence-electron chi connectivity index (χ0n) is 11.5. The van der Waals surface area contributed by atoms with E-state index >= 15 is 0 Å². The first-order valence-corrected chi connectivity index (χ1v) is 7.36. The van der Waals surface area contributed by atoms with Crippen molar-refractivity contribution in [3.63, 3.8) is 0 Å². The van der Waals surface area contributed by atoms with Gasteiger partial charge in [0.1, 0.15) is 5.75 Å². The van der Waals surface area contributed by atoms with E-state index in [1.165, 1.54) is 0 Å². The van der Waals surface area contributed by atoms with Gasteiger partial charge in [-0.05, 0) is 51.3 Å². The Morgan fingerprint density at radius 3 is 2.76 bits per heavy atom. The Kier molecular flexibility index (Phi) is 4.03. The molecule has 1 aliphatic heterocycles. The Bertz CT molecular complexity index is 657. The predicted octanol–water partition coefficient (Wildman–Crippen LogP) is 3.46. The van der Waals surface area contributed by atoms with Crippen LogP contribution in [0.3, 0.4) is 0 Å². The van der Waals surface area contributed by atoms with Crippen molar-refractivity contribution >= 4 is 15.9 Å². The molecule has 0 radical (unpaired) electrons. The zero-order chi connectivity index (χ0) is 14.8. The number of fused-ring (bicyclic) bond motifs is 1. The molecule has 0 aromatic heterocycles. The van der Waals surface area contributed by atoms with E-state index in [2.05, 4.69) is 15.9 Å². The lowest BCUT2D eigenvalue weighted by Crippen LogP contribution is -2.02. The Balaban J connectivity index is 1.76. The summed E-state index contributed by atoms with van der Waals surface area (Å²) in [5.74, 6) is 2.18. The summed E-state index contributed by atoms with van der Waals surface area (Å²) in [6.45, 7) is 0.236. The maximum Gasteiger partial charge on any atom is 0.231 e. The van der Waals surface area contributed by atoms with Gasteiger partial charge in [0.25, 0.3) is 0 Å². The molecule has 0 aliphatic carbocycles. The molecule has 4 nitrogen and oxygen atoms in total. The molecule has 0 amide bonds. The van der Waals surface area contributed by atoms with Crippen molar-refractivity contribution < 1.29 is 19.3 Å². The lowest BCUT2D eigenvalue weighted by molar-refractivity contribution is 0.171. The molecule has 5 heteroatoms. The molecular weight excluding hydrogens is 336 g/mol. The van der Waals surface area contributed by atoms with E-state index in [-0.39, 0.29) is 6.79 Å². The molecule has 0 saturated carbocycles. The first kappa shape index (κ1) is 14.2. The van der Waals surface area contributed by atoms with Crippen LogP contribution >= 0.6 is 15.9 Å². The number of methoxy groups -OCH3 is 1.